The summed E-state index contributed by atoms with van der Waals surface area (Å²) in [7, 11) is 13.8. The third-order valence-electron chi connectivity index (χ3n) is 23.4. The molecule has 15 aromatic rings. The summed E-state index contributed by atoms with van der Waals surface area (Å²) in [5, 5.41) is 21.9. The van der Waals surface area contributed by atoms with E-state index >= 15 is 0 Å². The number of fused-ring (bicyclic) bond motifs is 5. The Morgan fingerprint density at radius 2 is 0.570 bits per heavy atom. The molecule has 0 spiro atoms. The third kappa shape index (κ3) is 26.1. The summed E-state index contributed by atoms with van der Waals surface area (Å²) in [5.74, 6) is -1.08. The SMILES string of the molecule is COC(=O)c1cc(C(=O)c2c(C)c(OC)c3c(O)cccn23)ccc1N.COC(=O)c1cc(C(=O)c2c(C)c(OC)c3c(OCCOCCI)cccn23)ccc1N.COC(=O)c1cc(C(=O)c2c(C)c(OC)c3ccc(OCCOCCOc4cccn5c(C(=O)c6ccc(N)c(C(=O)OC)c6)c(C)c(OC)c45)cn23)ccc1N.COC(=O)c1cc(C(=O)c2c(C)c(OC)c3ccc([O-])cn23)ccc1N.ICCOCCI.[K+]. The first-order valence-corrected chi connectivity index (χ1v) is 49.9. The molecule has 10 heterocycles. The van der Waals surface area contributed by atoms with Crippen molar-refractivity contribution in [2.75, 3.05) is 173 Å². The van der Waals surface area contributed by atoms with Crippen LogP contribution in [0.3, 0.4) is 0 Å². The fourth-order valence-electron chi connectivity index (χ4n) is 16.5. The summed E-state index contributed by atoms with van der Waals surface area (Å²) in [5.41, 5.74) is 39.9. The van der Waals surface area contributed by atoms with E-state index in [4.69, 9.17) is 104 Å². The zero-order valence-electron chi connectivity index (χ0n) is 84.5. The maximum atomic E-state index is 13.8. The number of nitrogens with zero attached hydrogens (tertiary/aromatic N) is 5. The molecule has 38 nitrogen and oxygen atoms in total. The average molecular weight is 2400 g/mol. The van der Waals surface area contributed by atoms with Gasteiger partial charge >= 0.3 is 81.2 Å². The Balaban J connectivity index is 0.000000210. The number of aromatic nitrogens is 5. The van der Waals surface area contributed by atoms with E-state index in [0.29, 0.717) is 150 Å². The number of aromatic hydroxyl groups is 1. The monoisotopic (exact) mass is 2400 g/mol. The van der Waals surface area contributed by atoms with Gasteiger partial charge in [0, 0.05) is 122 Å². The van der Waals surface area contributed by atoms with Crippen LogP contribution in [0.25, 0.3) is 27.6 Å². The quantitative estimate of drug-likeness (QED) is 0.00306. The zero-order chi connectivity index (χ0) is 108. The van der Waals surface area contributed by atoms with Crippen LogP contribution in [0.4, 0.5) is 28.4 Å². The van der Waals surface area contributed by atoms with Gasteiger partial charge in [0.2, 0.25) is 28.9 Å². The van der Waals surface area contributed by atoms with Crippen molar-refractivity contribution in [3.63, 3.8) is 0 Å². The molecule has 0 saturated heterocycles. The second-order valence-corrected chi connectivity index (χ2v) is 35.4. The minimum Gasteiger partial charge on any atom is -0.871 e. The Labute approximate surface area is 939 Å². The van der Waals surface area contributed by atoms with E-state index in [1.165, 1.54) is 160 Å². The van der Waals surface area contributed by atoms with Gasteiger partial charge in [-0.2, -0.15) is 0 Å². The average Bonchev–Trinajstić information content (AvgIpc) is 1.42. The Hall–Kier alpha value is -13.7. The molecule has 0 bridgehead atoms. The molecule has 778 valence electrons. The van der Waals surface area contributed by atoms with Crippen molar-refractivity contribution in [3.8, 4) is 57.5 Å². The Morgan fingerprint density at radius 3 is 0.879 bits per heavy atom. The predicted molar refractivity (Wildman–Crippen MR) is 578 cm³/mol. The summed E-state index contributed by atoms with van der Waals surface area (Å²) < 4.78 is 97.3. The molecule has 0 aliphatic rings. The molecule has 42 heteroatoms. The van der Waals surface area contributed by atoms with Crippen LogP contribution in [0.5, 0.6) is 57.5 Å². The number of hydrogen-bond acceptors (Lipinski definition) is 33. The number of methoxy groups -OCH3 is 10. The van der Waals surface area contributed by atoms with Gasteiger partial charge < -0.3 is 137 Å². The van der Waals surface area contributed by atoms with Gasteiger partial charge in [-0.1, -0.05) is 79.6 Å². The van der Waals surface area contributed by atoms with Gasteiger partial charge in [-0.05, 0) is 180 Å². The van der Waals surface area contributed by atoms with E-state index in [0.717, 1.165) is 26.5 Å². The predicted octanol–water partition coefficient (Wildman–Crippen LogP) is 12.6. The summed E-state index contributed by atoms with van der Waals surface area (Å²) in [6.07, 6.45) is 8.19. The Morgan fingerprint density at radius 1 is 0.309 bits per heavy atom. The molecule has 15 rings (SSSR count). The van der Waals surface area contributed by atoms with E-state index < -0.39 is 29.8 Å². The molecule has 0 aliphatic heterocycles. The van der Waals surface area contributed by atoms with Crippen molar-refractivity contribution in [1.82, 2.24) is 22.0 Å². The van der Waals surface area contributed by atoms with E-state index in [-0.39, 0.29) is 202 Å². The first-order chi connectivity index (χ1) is 71.1. The number of benzene rings is 5. The van der Waals surface area contributed by atoms with E-state index in [1.807, 2.05) is 13.0 Å². The van der Waals surface area contributed by atoms with Crippen LogP contribution in [0, 0.1) is 34.6 Å². The number of nitrogen functional groups attached to an aromatic ring is 5. The number of alkyl halides is 3. The van der Waals surface area contributed by atoms with Crippen molar-refractivity contribution < 1.29 is 185 Å². The Kier molecular flexibility index (Phi) is 42.9. The van der Waals surface area contributed by atoms with E-state index in [9.17, 15) is 58.2 Å². The number of rotatable bonds is 38. The first kappa shape index (κ1) is 117. The largest absolute Gasteiger partial charge is 1.00 e. The summed E-state index contributed by atoms with van der Waals surface area (Å²) in [6, 6.07) is 39.1. The van der Waals surface area contributed by atoms with Crippen LogP contribution < -0.4 is 123 Å². The van der Waals surface area contributed by atoms with Crippen molar-refractivity contribution in [1.29, 1.82) is 0 Å². The van der Waals surface area contributed by atoms with Gasteiger partial charge in [0.05, 0.1) is 156 Å². The van der Waals surface area contributed by atoms with Gasteiger partial charge in [-0.15, -0.1) is 0 Å². The minimum absolute atomic E-state index is 0. The third-order valence-corrected chi connectivity index (χ3v) is 24.7. The van der Waals surface area contributed by atoms with Crippen molar-refractivity contribution >= 4 is 183 Å². The summed E-state index contributed by atoms with van der Waals surface area (Å²) in [6.45, 7) is 13.0. The maximum Gasteiger partial charge on any atom is 1.00 e. The molecule has 10 aromatic heterocycles. The number of hydrogen-bond donors (Lipinski definition) is 6. The van der Waals surface area contributed by atoms with Crippen LogP contribution in [0.15, 0.2) is 183 Å². The van der Waals surface area contributed by atoms with Gasteiger partial charge in [0.1, 0.15) is 99.3 Å². The minimum atomic E-state index is -0.647. The van der Waals surface area contributed by atoms with Crippen molar-refractivity contribution in [2.45, 2.75) is 34.6 Å². The number of ketones is 5. The van der Waals surface area contributed by atoms with Gasteiger partial charge in [0.25, 0.3) is 0 Å². The maximum absolute atomic E-state index is 13.8. The number of halogens is 3. The normalized spacial score (nSPS) is 10.8. The molecule has 5 aromatic carbocycles. The van der Waals surface area contributed by atoms with E-state index in [2.05, 4.69) is 67.8 Å². The van der Waals surface area contributed by atoms with Crippen LogP contribution in [-0.2, 0) is 37.9 Å². The summed E-state index contributed by atoms with van der Waals surface area (Å²) >= 11 is 6.85. The fourth-order valence-corrected chi connectivity index (χ4v) is 17.4. The molecule has 0 atom stereocenters. The molecule has 0 amide bonds. The van der Waals surface area contributed by atoms with Crippen molar-refractivity contribution in [2.24, 2.45) is 0 Å². The number of pyridine rings is 5. The van der Waals surface area contributed by atoms with Crippen LogP contribution in [-0.4, -0.2) is 230 Å². The molecule has 149 heavy (non-hydrogen) atoms. The summed E-state index contributed by atoms with van der Waals surface area (Å²) in [4.78, 5) is 128. The second-order valence-electron chi connectivity index (χ2n) is 32.1. The van der Waals surface area contributed by atoms with Gasteiger partial charge in [-0.3, -0.25) is 24.0 Å². The zero-order valence-corrected chi connectivity index (χ0v) is 94.1. The molecule has 0 unspecified atom stereocenters. The molecular weight excluding hydrogens is 2290 g/mol. The van der Waals surface area contributed by atoms with Crippen LogP contribution in [0.1, 0.15) is 160 Å². The first-order valence-electron chi connectivity index (χ1n) is 45.3. The van der Waals surface area contributed by atoms with Crippen molar-refractivity contribution in [3.05, 3.63) is 295 Å². The van der Waals surface area contributed by atoms with Gasteiger partial charge in [0.15, 0.2) is 17.2 Å². The number of ether oxygens (including phenoxy) is 16. The molecule has 0 radical (unpaired) electrons. The van der Waals surface area contributed by atoms with Crippen LogP contribution in [0.2, 0.25) is 0 Å². The fraction of sp³-hybridized carbons (Fsp3) is 0.252. The number of anilines is 5. The Bertz CT molecular complexity index is 7450. The molecule has 11 N–H and O–H groups in total. The molecule has 0 saturated carbocycles. The topological polar surface area (TPSA) is 514 Å². The smallest absolute Gasteiger partial charge is 0.871 e. The van der Waals surface area contributed by atoms with Gasteiger partial charge in [-0.25, -0.2) is 24.0 Å². The molecular formula is C107H110I3KN10O28. The van der Waals surface area contributed by atoms with Crippen LogP contribution >= 0.6 is 67.8 Å². The van der Waals surface area contributed by atoms with E-state index in [1.54, 1.807) is 138 Å². The number of esters is 5. The molecule has 0 aliphatic carbocycles. The number of carbonyl (C=O) groups is 10. The molecule has 0 fully saturated rings. The number of nitrogens with two attached hydrogens (primary N) is 5. The number of carbonyl (C=O) groups excluding carboxylic acids is 10. The second kappa shape index (κ2) is 54.5. The standard InChI is InChI=1S/C42H42N4O11.C23H25IN2O6.2C19H18N2O5.C4H8I2O.K/c1-23-35(38(48)26-10-13-31(44)29(21-26)42(50)54-6)46-22-27(11-14-32(46)39(23)51-3)56-18-16-55-17-19-57-33-8-7-15-45-34(24(2)40(52-4)36(33)45)37(47)25-9-12-30(43)28(20-25)41(49)53-5;1-14-19(21(27)15-6-7-17(25)16(13-15)23(28)30-3)26-9-4-5-18(20(26)22(14)29-2)32-12-11-31-10-8-24;1-10-16(21-9-12(22)5-7-15(21)18(10)25-2)17(23)11-4-6-14(20)13(8-11)19(24)26-3;1-10-15(21-8-4-5-14(22)16(21)18(10)25-2)17(23)11-6-7-13(20)12(9-11)19(24)26-3;5-1-3-7-4-2-6;/h7-15,20-22H,16-19,43-44H2,1-6H3;4-7,9,13H,8,10-12,25H2,1-3H3;2*4-9,22H,20H2,1-3H3;1-4H2;/q;;;;;+1/p-1.